The molecule has 0 amide bonds. The lowest BCUT2D eigenvalue weighted by Crippen LogP contribution is -2.16. The predicted molar refractivity (Wildman–Crippen MR) is 45.3 cm³/mol. The summed E-state index contributed by atoms with van der Waals surface area (Å²) in [5.41, 5.74) is 0. The molecule has 0 aliphatic rings. The Morgan fingerprint density at radius 1 is 1.55 bits per heavy atom. The normalized spacial score (nSPS) is 18.4. The number of rotatable bonds is 4. The van der Waals surface area contributed by atoms with E-state index in [9.17, 15) is 4.79 Å². The van der Waals surface area contributed by atoms with Crippen LogP contribution in [0.5, 0.6) is 0 Å². The standard InChI is InChI=1S/C9H18O2/c1-5-8(4)9(10)11-6-7(2)3/h7-8H,5-6H2,1-4H3/i1D3. The van der Waals surface area contributed by atoms with Gasteiger partial charge in [-0.2, -0.15) is 0 Å². The second kappa shape index (κ2) is 5.16. The lowest BCUT2D eigenvalue weighted by Gasteiger charge is -2.10. The molecule has 1 unspecified atom stereocenters. The summed E-state index contributed by atoms with van der Waals surface area (Å²) in [7, 11) is 0. The van der Waals surface area contributed by atoms with Gasteiger partial charge in [-0.1, -0.05) is 27.6 Å². The van der Waals surface area contributed by atoms with E-state index in [0.717, 1.165) is 0 Å². The number of esters is 1. The summed E-state index contributed by atoms with van der Waals surface area (Å²) < 4.78 is 25.9. The molecule has 0 spiro atoms. The number of hydrogen-bond donors (Lipinski definition) is 0. The minimum atomic E-state index is -2.06. The smallest absolute Gasteiger partial charge is 0.308 e. The fourth-order valence-corrected chi connectivity index (χ4v) is 0.474. The summed E-state index contributed by atoms with van der Waals surface area (Å²) in [6, 6.07) is 0. The van der Waals surface area contributed by atoms with Gasteiger partial charge in [0.05, 0.1) is 12.5 Å². The van der Waals surface area contributed by atoms with Crippen molar-refractivity contribution in [2.75, 3.05) is 6.61 Å². The maximum Gasteiger partial charge on any atom is 0.308 e. The number of carbonyl (C=O) groups is 1. The van der Waals surface area contributed by atoms with E-state index in [1.54, 1.807) is 6.92 Å². The van der Waals surface area contributed by atoms with Crippen LogP contribution in [-0.2, 0) is 9.53 Å². The third-order valence-corrected chi connectivity index (χ3v) is 1.27. The van der Waals surface area contributed by atoms with Gasteiger partial charge in [0, 0.05) is 4.11 Å². The number of hydrogen-bond acceptors (Lipinski definition) is 2. The molecule has 0 radical (unpaired) electrons. The molecule has 0 aliphatic heterocycles. The maximum atomic E-state index is 11.3. The fraction of sp³-hybridized carbons (Fsp3) is 0.889. The first kappa shape index (κ1) is 6.04. The van der Waals surface area contributed by atoms with E-state index in [-0.39, 0.29) is 12.3 Å². The van der Waals surface area contributed by atoms with Gasteiger partial charge in [-0.05, 0) is 12.3 Å². The van der Waals surface area contributed by atoms with Gasteiger partial charge in [0.2, 0.25) is 0 Å². The summed E-state index contributed by atoms with van der Waals surface area (Å²) in [5.74, 6) is -0.699. The molecule has 0 saturated carbocycles. The van der Waals surface area contributed by atoms with Gasteiger partial charge in [0.25, 0.3) is 0 Å². The van der Waals surface area contributed by atoms with Crippen LogP contribution in [0.4, 0.5) is 0 Å². The SMILES string of the molecule is [2H]C([2H])([2H])CC(C)C(=O)OCC(C)C. The van der Waals surface area contributed by atoms with Gasteiger partial charge in [0.1, 0.15) is 0 Å². The van der Waals surface area contributed by atoms with Gasteiger partial charge in [-0.25, -0.2) is 0 Å². The predicted octanol–water partition coefficient (Wildman–Crippen LogP) is 2.23. The van der Waals surface area contributed by atoms with Crippen LogP contribution in [0.2, 0.25) is 0 Å². The molecule has 0 heterocycles. The third kappa shape index (κ3) is 4.82. The van der Waals surface area contributed by atoms with Crippen LogP contribution in [0, 0.1) is 11.8 Å². The van der Waals surface area contributed by atoms with Crippen LogP contribution >= 0.6 is 0 Å². The van der Waals surface area contributed by atoms with Crippen LogP contribution in [0.1, 0.15) is 38.2 Å². The van der Waals surface area contributed by atoms with E-state index < -0.39 is 18.7 Å². The lowest BCUT2D eigenvalue weighted by molar-refractivity contribution is -0.149. The van der Waals surface area contributed by atoms with Gasteiger partial charge in [-0.15, -0.1) is 0 Å². The molecule has 0 bridgehead atoms. The number of carbonyl (C=O) groups excluding carboxylic acids is 1. The Kier molecular flexibility index (Phi) is 2.83. The average molecular weight is 161 g/mol. The highest BCUT2D eigenvalue weighted by molar-refractivity contribution is 5.71. The molecule has 0 aromatic heterocycles. The minimum Gasteiger partial charge on any atom is -0.465 e. The molecular weight excluding hydrogens is 140 g/mol. The zero-order chi connectivity index (χ0) is 11.4. The Hall–Kier alpha value is -0.530. The fourth-order valence-electron chi connectivity index (χ4n) is 0.474. The highest BCUT2D eigenvalue weighted by atomic mass is 16.5. The monoisotopic (exact) mass is 161 g/mol. The van der Waals surface area contributed by atoms with Crippen molar-refractivity contribution in [2.45, 2.75) is 34.0 Å². The van der Waals surface area contributed by atoms with Crippen LogP contribution < -0.4 is 0 Å². The van der Waals surface area contributed by atoms with E-state index in [1.165, 1.54) is 0 Å². The molecule has 11 heavy (non-hydrogen) atoms. The van der Waals surface area contributed by atoms with E-state index in [0.29, 0.717) is 6.61 Å². The molecular formula is C9H18O2. The Bertz CT molecular complexity index is 187. The first-order valence-electron chi connectivity index (χ1n) is 5.39. The quantitative estimate of drug-likeness (QED) is 0.591. The zero-order valence-electron chi connectivity index (χ0n) is 10.4. The van der Waals surface area contributed by atoms with Gasteiger partial charge >= 0.3 is 5.97 Å². The van der Waals surface area contributed by atoms with Crippen molar-refractivity contribution in [3.05, 3.63) is 0 Å². The molecule has 0 rings (SSSR count). The summed E-state index contributed by atoms with van der Waals surface area (Å²) in [5, 5.41) is 0. The van der Waals surface area contributed by atoms with Crippen molar-refractivity contribution in [1.29, 1.82) is 0 Å². The van der Waals surface area contributed by atoms with E-state index in [1.807, 2.05) is 13.8 Å². The first-order valence-corrected chi connectivity index (χ1v) is 3.89. The van der Waals surface area contributed by atoms with Crippen molar-refractivity contribution in [1.82, 2.24) is 0 Å². The molecule has 0 fully saturated rings. The lowest BCUT2D eigenvalue weighted by atomic mass is 10.1. The van der Waals surface area contributed by atoms with E-state index >= 15 is 0 Å². The Morgan fingerprint density at radius 3 is 2.64 bits per heavy atom. The molecule has 66 valence electrons. The summed E-state index contributed by atoms with van der Waals surface area (Å²) >= 11 is 0. The van der Waals surface area contributed by atoms with Crippen molar-refractivity contribution < 1.29 is 13.6 Å². The van der Waals surface area contributed by atoms with Crippen LogP contribution in [0.3, 0.4) is 0 Å². The first-order chi connectivity index (χ1) is 6.22. The zero-order valence-corrected chi connectivity index (χ0v) is 7.39. The van der Waals surface area contributed by atoms with Crippen molar-refractivity contribution in [3.8, 4) is 0 Å². The van der Waals surface area contributed by atoms with Crippen LogP contribution in [0.15, 0.2) is 0 Å². The van der Waals surface area contributed by atoms with Gasteiger partial charge in [0.15, 0.2) is 0 Å². The van der Waals surface area contributed by atoms with E-state index in [2.05, 4.69) is 0 Å². The molecule has 0 aliphatic carbocycles. The van der Waals surface area contributed by atoms with Crippen molar-refractivity contribution in [3.63, 3.8) is 0 Å². The molecule has 0 N–H and O–H groups in total. The highest BCUT2D eigenvalue weighted by Crippen LogP contribution is 2.04. The second-order valence-corrected chi connectivity index (χ2v) is 3.13. The largest absolute Gasteiger partial charge is 0.465 e. The minimum absolute atomic E-state index is 0.121. The van der Waals surface area contributed by atoms with Gasteiger partial charge < -0.3 is 4.74 Å². The topological polar surface area (TPSA) is 26.3 Å². The molecule has 0 aromatic carbocycles. The Labute approximate surface area is 73.1 Å². The van der Waals surface area contributed by atoms with Crippen molar-refractivity contribution in [2.24, 2.45) is 11.8 Å². The van der Waals surface area contributed by atoms with E-state index in [4.69, 9.17) is 8.85 Å². The summed E-state index contributed by atoms with van der Waals surface area (Å²) in [6.07, 6.45) is -0.121. The maximum absolute atomic E-state index is 11.3. The Morgan fingerprint density at radius 2 is 2.18 bits per heavy atom. The van der Waals surface area contributed by atoms with Crippen molar-refractivity contribution >= 4 is 5.97 Å². The molecule has 1 atom stereocenters. The molecule has 2 heteroatoms. The molecule has 2 nitrogen and oxygen atoms in total. The third-order valence-electron chi connectivity index (χ3n) is 1.27. The number of ether oxygens (including phenoxy) is 1. The van der Waals surface area contributed by atoms with Gasteiger partial charge in [-0.3, -0.25) is 4.79 Å². The molecule has 0 aromatic rings. The molecule has 0 saturated heterocycles. The average Bonchev–Trinajstić information content (AvgIpc) is 1.96. The van der Waals surface area contributed by atoms with Crippen LogP contribution in [-0.4, -0.2) is 12.6 Å². The van der Waals surface area contributed by atoms with Crippen LogP contribution in [0.25, 0.3) is 0 Å². The summed E-state index contributed by atoms with van der Waals surface area (Å²) in [4.78, 5) is 11.3. The Balaban J connectivity index is 3.88. The second-order valence-electron chi connectivity index (χ2n) is 3.13. The highest BCUT2D eigenvalue weighted by Gasteiger charge is 2.11. The summed E-state index contributed by atoms with van der Waals surface area (Å²) in [6.45, 7) is 3.74.